The Bertz CT molecular complexity index is 351. The summed E-state index contributed by atoms with van der Waals surface area (Å²) >= 11 is 0. The summed E-state index contributed by atoms with van der Waals surface area (Å²) in [5.41, 5.74) is 1.13. The van der Waals surface area contributed by atoms with Crippen molar-refractivity contribution in [1.82, 2.24) is 0 Å². The molecule has 0 saturated carbocycles. The van der Waals surface area contributed by atoms with Crippen LogP contribution in [0.3, 0.4) is 0 Å². The van der Waals surface area contributed by atoms with Gasteiger partial charge in [0.15, 0.2) is 0 Å². The Labute approximate surface area is 131 Å². The summed E-state index contributed by atoms with van der Waals surface area (Å²) in [6, 6.07) is 8.25. The molecule has 0 fully saturated rings. The van der Waals surface area contributed by atoms with Crippen molar-refractivity contribution in [2.45, 2.75) is 71.6 Å². The lowest BCUT2D eigenvalue weighted by Gasteiger charge is -2.12. The molecule has 1 N–H and O–H groups in total. The van der Waals surface area contributed by atoms with Gasteiger partial charge in [0, 0.05) is 6.54 Å². The maximum Gasteiger partial charge on any atom is 0.142 e. The summed E-state index contributed by atoms with van der Waals surface area (Å²) in [6.45, 7) is 6.24. The Balaban J connectivity index is 2.09. The highest BCUT2D eigenvalue weighted by Crippen LogP contribution is 2.23. The Hall–Kier alpha value is -1.18. The molecule has 0 heterocycles. The third-order valence-electron chi connectivity index (χ3n) is 3.69. The molecule has 0 unspecified atom stereocenters. The van der Waals surface area contributed by atoms with Gasteiger partial charge in [0.2, 0.25) is 0 Å². The Morgan fingerprint density at radius 3 is 2.19 bits per heavy atom. The van der Waals surface area contributed by atoms with Gasteiger partial charge in [-0.1, -0.05) is 70.9 Å². The fourth-order valence-electron chi connectivity index (χ4n) is 2.43. The first-order valence-electron chi connectivity index (χ1n) is 8.84. The molecule has 2 nitrogen and oxygen atoms in total. The van der Waals surface area contributed by atoms with E-state index in [9.17, 15) is 0 Å². The number of unbranched alkanes of at least 4 members (excludes halogenated alkanes) is 7. The van der Waals surface area contributed by atoms with Crippen LogP contribution in [-0.4, -0.2) is 13.2 Å². The van der Waals surface area contributed by atoms with E-state index in [0.29, 0.717) is 0 Å². The van der Waals surface area contributed by atoms with E-state index < -0.39 is 0 Å². The van der Waals surface area contributed by atoms with Gasteiger partial charge in [0.05, 0.1) is 12.3 Å². The zero-order chi connectivity index (χ0) is 15.2. The molecule has 120 valence electrons. The minimum atomic E-state index is 0.788. The first-order chi connectivity index (χ1) is 10.4. The van der Waals surface area contributed by atoms with E-state index in [-0.39, 0.29) is 0 Å². The van der Waals surface area contributed by atoms with Crippen LogP contribution in [0, 0.1) is 0 Å². The van der Waals surface area contributed by atoms with E-state index in [4.69, 9.17) is 4.74 Å². The van der Waals surface area contributed by atoms with Crippen molar-refractivity contribution < 1.29 is 4.74 Å². The molecule has 0 aliphatic carbocycles. The van der Waals surface area contributed by atoms with Crippen LogP contribution in [0.1, 0.15) is 71.6 Å². The van der Waals surface area contributed by atoms with Crippen molar-refractivity contribution in [3.05, 3.63) is 24.3 Å². The highest BCUT2D eigenvalue weighted by molar-refractivity contribution is 5.56. The molecular weight excluding hydrogens is 258 g/mol. The summed E-state index contributed by atoms with van der Waals surface area (Å²) in [5.74, 6) is 0.985. The van der Waals surface area contributed by atoms with E-state index >= 15 is 0 Å². The largest absolute Gasteiger partial charge is 0.491 e. The molecule has 2 heteroatoms. The normalized spacial score (nSPS) is 10.6. The third kappa shape index (κ3) is 8.64. The lowest BCUT2D eigenvalue weighted by molar-refractivity contribution is 0.319. The zero-order valence-electron chi connectivity index (χ0n) is 14.0. The predicted octanol–water partition coefficient (Wildman–Crippen LogP) is 6.03. The van der Waals surface area contributed by atoms with Crippen molar-refractivity contribution >= 4 is 5.69 Å². The van der Waals surface area contributed by atoms with Crippen LogP contribution in [0.2, 0.25) is 0 Å². The maximum absolute atomic E-state index is 5.76. The molecule has 1 aromatic carbocycles. The van der Waals surface area contributed by atoms with Crippen LogP contribution in [0.5, 0.6) is 5.75 Å². The van der Waals surface area contributed by atoms with Crippen molar-refractivity contribution in [2.75, 3.05) is 18.5 Å². The van der Waals surface area contributed by atoms with Gasteiger partial charge in [-0.05, 0) is 25.0 Å². The average Bonchev–Trinajstić information content (AvgIpc) is 2.52. The van der Waals surface area contributed by atoms with Crippen LogP contribution >= 0.6 is 0 Å². The summed E-state index contributed by atoms with van der Waals surface area (Å²) < 4.78 is 5.76. The van der Waals surface area contributed by atoms with Gasteiger partial charge in [0.1, 0.15) is 5.75 Å². The Kier molecular flexibility index (Phi) is 10.7. The smallest absolute Gasteiger partial charge is 0.142 e. The minimum Gasteiger partial charge on any atom is -0.491 e. The summed E-state index contributed by atoms with van der Waals surface area (Å²) in [6.07, 6.45) is 12.0. The van der Waals surface area contributed by atoms with Crippen LogP contribution in [0.25, 0.3) is 0 Å². The number of para-hydroxylation sites is 2. The summed E-state index contributed by atoms with van der Waals surface area (Å²) in [7, 11) is 0. The molecular formula is C19H33NO. The highest BCUT2D eigenvalue weighted by atomic mass is 16.5. The second-order valence-electron chi connectivity index (χ2n) is 5.75. The second-order valence-corrected chi connectivity index (χ2v) is 5.75. The van der Waals surface area contributed by atoms with Gasteiger partial charge < -0.3 is 10.1 Å². The molecule has 0 saturated heterocycles. The van der Waals surface area contributed by atoms with Gasteiger partial charge >= 0.3 is 0 Å². The van der Waals surface area contributed by atoms with Crippen molar-refractivity contribution in [3.8, 4) is 5.75 Å². The van der Waals surface area contributed by atoms with Gasteiger partial charge in [-0.2, -0.15) is 0 Å². The van der Waals surface area contributed by atoms with Gasteiger partial charge in [0.25, 0.3) is 0 Å². The van der Waals surface area contributed by atoms with Crippen LogP contribution < -0.4 is 10.1 Å². The minimum absolute atomic E-state index is 0.788. The van der Waals surface area contributed by atoms with Crippen molar-refractivity contribution in [1.29, 1.82) is 0 Å². The number of nitrogens with one attached hydrogen (secondary N) is 1. The maximum atomic E-state index is 5.76. The lowest BCUT2D eigenvalue weighted by atomic mass is 10.1. The van der Waals surface area contributed by atoms with Crippen LogP contribution in [0.15, 0.2) is 24.3 Å². The first-order valence-corrected chi connectivity index (χ1v) is 8.84. The summed E-state index contributed by atoms with van der Waals surface area (Å²) in [4.78, 5) is 0. The Morgan fingerprint density at radius 2 is 1.48 bits per heavy atom. The van der Waals surface area contributed by atoms with E-state index in [2.05, 4.69) is 31.3 Å². The summed E-state index contributed by atoms with van der Waals surface area (Å²) in [5, 5.41) is 3.51. The highest BCUT2D eigenvalue weighted by Gasteiger charge is 2.01. The van der Waals surface area contributed by atoms with E-state index in [1.807, 2.05) is 12.1 Å². The van der Waals surface area contributed by atoms with Gasteiger partial charge in [-0.15, -0.1) is 0 Å². The number of hydrogen-bond acceptors (Lipinski definition) is 2. The van der Waals surface area contributed by atoms with Crippen molar-refractivity contribution in [2.24, 2.45) is 0 Å². The molecule has 0 amide bonds. The number of anilines is 1. The number of hydrogen-bond donors (Lipinski definition) is 1. The molecule has 0 bridgehead atoms. The molecule has 21 heavy (non-hydrogen) atoms. The molecule has 0 aliphatic heterocycles. The fraction of sp³-hybridized carbons (Fsp3) is 0.684. The standard InChI is InChI=1S/C19H33NO/c1-3-5-6-7-8-9-10-13-16-20-18-14-11-12-15-19(18)21-17-4-2/h11-12,14-15,20H,3-10,13,16-17H2,1-2H3. The van der Waals surface area contributed by atoms with Crippen LogP contribution in [-0.2, 0) is 0 Å². The molecule has 1 rings (SSSR count). The van der Waals surface area contributed by atoms with E-state index in [0.717, 1.165) is 31.0 Å². The number of ether oxygens (including phenoxy) is 1. The number of benzene rings is 1. The van der Waals surface area contributed by atoms with Gasteiger partial charge in [-0.25, -0.2) is 0 Å². The molecule has 1 aromatic rings. The monoisotopic (exact) mass is 291 g/mol. The molecule has 0 spiro atoms. The molecule has 0 aromatic heterocycles. The quantitative estimate of drug-likeness (QED) is 0.448. The number of rotatable bonds is 13. The van der Waals surface area contributed by atoms with Crippen LogP contribution in [0.4, 0.5) is 5.69 Å². The lowest BCUT2D eigenvalue weighted by Crippen LogP contribution is -2.04. The van der Waals surface area contributed by atoms with Crippen molar-refractivity contribution in [3.63, 3.8) is 0 Å². The molecule has 0 aliphatic rings. The third-order valence-corrected chi connectivity index (χ3v) is 3.69. The topological polar surface area (TPSA) is 21.3 Å². The van der Waals surface area contributed by atoms with E-state index in [1.165, 1.54) is 51.4 Å². The van der Waals surface area contributed by atoms with Gasteiger partial charge in [-0.3, -0.25) is 0 Å². The molecule has 0 atom stereocenters. The fourth-order valence-corrected chi connectivity index (χ4v) is 2.43. The zero-order valence-corrected chi connectivity index (χ0v) is 14.0. The van der Waals surface area contributed by atoms with E-state index in [1.54, 1.807) is 0 Å². The second kappa shape index (κ2) is 12.6. The first kappa shape index (κ1) is 17.9. The molecule has 0 radical (unpaired) electrons. The predicted molar refractivity (Wildman–Crippen MR) is 93.3 cm³/mol. The SMILES string of the molecule is CCCCCCCCCCNc1ccccc1OCCC. The average molecular weight is 291 g/mol. The Morgan fingerprint density at radius 1 is 0.810 bits per heavy atom.